The van der Waals surface area contributed by atoms with E-state index in [1.54, 1.807) is 18.2 Å². The maximum atomic E-state index is 13.6. The number of nitrogens with zero attached hydrogens (tertiary/aromatic N) is 1. The summed E-state index contributed by atoms with van der Waals surface area (Å²) in [4.78, 5) is 2.22. The van der Waals surface area contributed by atoms with Crippen LogP contribution in [0.1, 0.15) is 31.4 Å². The summed E-state index contributed by atoms with van der Waals surface area (Å²) in [5, 5.41) is 19.7. The van der Waals surface area contributed by atoms with Crippen molar-refractivity contribution in [2.75, 3.05) is 19.6 Å². The third kappa shape index (κ3) is 3.75. The maximum Gasteiger partial charge on any atom is 0.129 e. The summed E-state index contributed by atoms with van der Waals surface area (Å²) in [6.45, 7) is 4.34. The predicted octanol–water partition coefficient (Wildman–Crippen LogP) is 1.95. The van der Waals surface area contributed by atoms with Gasteiger partial charge < -0.3 is 15.1 Å². The predicted molar refractivity (Wildman–Crippen MR) is 72.2 cm³/mol. The molecule has 4 heteroatoms. The van der Waals surface area contributed by atoms with Gasteiger partial charge in [0.05, 0.1) is 12.2 Å². The summed E-state index contributed by atoms with van der Waals surface area (Å²) >= 11 is 0. The van der Waals surface area contributed by atoms with Gasteiger partial charge >= 0.3 is 0 Å². The lowest BCUT2D eigenvalue weighted by atomic mass is 9.95. The van der Waals surface area contributed by atoms with E-state index in [9.17, 15) is 14.6 Å². The molecule has 2 unspecified atom stereocenters. The number of hydrogen-bond acceptors (Lipinski definition) is 3. The normalized spacial score (nSPS) is 21.3. The Morgan fingerprint density at radius 3 is 2.58 bits per heavy atom. The van der Waals surface area contributed by atoms with Crippen LogP contribution in [-0.2, 0) is 0 Å². The zero-order chi connectivity index (χ0) is 13.8. The van der Waals surface area contributed by atoms with Gasteiger partial charge in [-0.2, -0.15) is 0 Å². The number of rotatable bonds is 4. The molecule has 1 aromatic rings. The van der Waals surface area contributed by atoms with Gasteiger partial charge in [0.15, 0.2) is 0 Å². The molecule has 0 aliphatic carbocycles. The van der Waals surface area contributed by atoms with E-state index >= 15 is 0 Å². The second kappa shape index (κ2) is 6.46. The number of likely N-dealkylation sites (tertiary alicyclic amines) is 1. The molecule has 3 nitrogen and oxygen atoms in total. The van der Waals surface area contributed by atoms with E-state index in [4.69, 9.17) is 0 Å². The van der Waals surface area contributed by atoms with E-state index in [2.05, 4.69) is 4.90 Å². The van der Waals surface area contributed by atoms with Crippen molar-refractivity contribution in [3.05, 3.63) is 35.6 Å². The van der Waals surface area contributed by atoms with Gasteiger partial charge in [0.1, 0.15) is 5.82 Å². The quantitative estimate of drug-likeness (QED) is 0.876. The molecule has 2 rings (SSSR count). The molecule has 0 amide bonds. The first-order chi connectivity index (χ1) is 9.08. The molecule has 0 saturated carbocycles. The molecule has 1 fully saturated rings. The highest BCUT2D eigenvalue weighted by Gasteiger charge is 2.24. The van der Waals surface area contributed by atoms with E-state index in [-0.39, 0.29) is 17.8 Å². The largest absolute Gasteiger partial charge is 0.393 e. The Labute approximate surface area is 113 Å². The van der Waals surface area contributed by atoms with Crippen LogP contribution in [-0.4, -0.2) is 40.9 Å². The van der Waals surface area contributed by atoms with Crippen LogP contribution in [0.2, 0.25) is 0 Å². The Morgan fingerprint density at radius 1 is 1.32 bits per heavy atom. The molecule has 0 bridgehead atoms. The molecule has 106 valence electrons. The van der Waals surface area contributed by atoms with Crippen molar-refractivity contribution in [3.8, 4) is 0 Å². The van der Waals surface area contributed by atoms with Crippen molar-refractivity contribution in [3.63, 3.8) is 0 Å². The highest BCUT2D eigenvalue weighted by Crippen LogP contribution is 2.25. The third-order valence-corrected chi connectivity index (χ3v) is 3.87. The van der Waals surface area contributed by atoms with Gasteiger partial charge in [-0.05, 0) is 24.8 Å². The first kappa shape index (κ1) is 14.4. The first-order valence-electron chi connectivity index (χ1n) is 6.91. The van der Waals surface area contributed by atoms with Gasteiger partial charge in [0, 0.05) is 25.2 Å². The molecule has 0 radical (unpaired) electrons. The Balaban J connectivity index is 1.92. The minimum Gasteiger partial charge on any atom is -0.393 e. The highest BCUT2D eigenvalue weighted by atomic mass is 19.1. The number of benzene rings is 1. The van der Waals surface area contributed by atoms with Crippen molar-refractivity contribution < 1.29 is 14.6 Å². The van der Waals surface area contributed by atoms with E-state index in [1.165, 1.54) is 6.07 Å². The lowest BCUT2D eigenvalue weighted by molar-refractivity contribution is 0.0475. The smallest absolute Gasteiger partial charge is 0.129 e. The third-order valence-electron chi connectivity index (χ3n) is 3.87. The zero-order valence-corrected chi connectivity index (χ0v) is 11.3. The zero-order valence-electron chi connectivity index (χ0n) is 11.3. The Morgan fingerprint density at radius 2 is 1.95 bits per heavy atom. The molecular weight excluding hydrogens is 245 g/mol. The molecule has 1 saturated heterocycles. The van der Waals surface area contributed by atoms with Crippen LogP contribution in [0, 0.1) is 11.7 Å². The maximum absolute atomic E-state index is 13.6. The molecule has 1 aromatic carbocycles. The molecule has 1 aliphatic rings. The molecule has 2 N–H and O–H groups in total. The fraction of sp³-hybridized carbons (Fsp3) is 0.600. The van der Waals surface area contributed by atoms with Gasteiger partial charge in [0.2, 0.25) is 0 Å². The lowest BCUT2D eigenvalue weighted by Gasteiger charge is -2.33. The number of piperidine rings is 1. The van der Waals surface area contributed by atoms with Crippen molar-refractivity contribution in [1.82, 2.24) is 4.90 Å². The molecule has 0 spiro atoms. The van der Waals surface area contributed by atoms with Gasteiger partial charge in [-0.1, -0.05) is 25.1 Å². The molecule has 19 heavy (non-hydrogen) atoms. The van der Waals surface area contributed by atoms with Crippen LogP contribution < -0.4 is 0 Å². The topological polar surface area (TPSA) is 43.7 Å². The van der Waals surface area contributed by atoms with E-state index in [0.29, 0.717) is 5.56 Å². The van der Waals surface area contributed by atoms with Crippen LogP contribution in [0.4, 0.5) is 4.39 Å². The van der Waals surface area contributed by atoms with Gasteiger partial charge in [0.25, 0.3) is 0 Å². The SMILES string of the molecule is CC(CN1CCC(O)CC1)C(O)c1ccccc1F. The van der Waals surface area contributed by atoms with E-state index in [0.717, 1.165) is 32.5 Å². The van der Waals surface area contributed by atoms with Gasteiger partial charge in [-0.3, -0.25) is 0 Å². The summed E-state index contributed by atoms with van der Waals surface area (Å²) in [6.07, 6.45) is 0.585. The van der Waals surface area contributed by atoms with Gasteiger partial charge in [-0.15, -0.1) is 0 Å². The lowest BCUT2D eigenvalue weighted by Crippen LogP contribution is -2.39. The van der Waals surface area contributed by atoms with Crippen molar-refractivity contribution in [1.29, 1.82) is 0 Å². The second-order valence-corrected chi connectivity index (χ2v) is 5.48. The molecule has 1 heterocycles. The summed E-state index contributed by atoms with van der Waals surface area (Å²) in [5.74, 6) is -0.386. The standard InChI is InChI=1S/C15H22FNO2/c1-11(10-17-8-6-12(18)7-9-17)15(19)13-4-2-3-5-14(13)16/h2-5,11-12,15,18-19H,6-10H2,1H3. The Bertz CT molecular complexity index is 405. The average Bonchev–Trinajstić information content (AvgIpc) is 2.41. The number of aliphatic hydroxyl groups is 2. The summed E-state index contributed by atoms with van der Waals surface area (Å²) < 4.78 is 13.6. The summed E-state index contributed by atoms with van der Waals surface area (Å²) in [5.41, 5.74) is 0.368. The summed E-state index contributed by atoms with van der Waals surface area (Å²) in [7, 11) is 0. The summed E-state index contributed by atoms with van der Waals surface area (Å²) in [6, 6.07) is 6.38. The van der Waals surface area contributed by atoms with Crippen LogP contribution in [0.5, 0.6) is 0 Å². The minimum absolute atomic E-state index is 0.0351. The minimum atomic E-state index is -0.784. The Hall–Kier alpha value is -0.970. The van der Waals surface area contributed by atoms with Gasteiger partial charge in [-0.25, -0.2) is 4.39 Å². The molecule has 0 aromatic heterocycles. The molecule has 2 atom stereocenters. The second-order valence-electron chi connectivity index (χ2n) is 5.48. The Kier molecular flexibility index (Phi) is 4.91. The van der Waals surface area contributed by atoms with Crippen LogP contribution in [0.25, 0.3) is 0 Å². The fourth-order valence-electron chi connectivity index (χ4n) is 2.63. The van der Waals surface area contributed by atoms with E-state index in [1.807, 2.05) is 6.92 Å². The average molecular weight is 267 g/mol. The number of halogens is 1. The molecule has 1 aliphatic heterocycles. The van der Waals surface area contributed by atoms with Crippen molar-refractivity contribution in [2.24, 2.45) is 5.92 Å². The van der Waals surface area contributed by atoms with Crippen molar-refractivity contribution >= 4 is 0 Å². The van der Waals surface area contributed by atoms with Crippen LogP contribution in [0.3, 0.4) is 0 Å². The molecular formula is C15H22FNO2. The van der Waals surface area contributed by atoms with Crippen LogP contribution in [0.15, 0.2) is 24.3 Å². The number of hydrogen-bond donors (Lipinski definition) is 2. The fourth-order valence-corrected chi connectivity index (χ4v) is 2.63. The monoisotopic (exact) mass is 267 g/mol. The van der Waals surface area contributed by atoms with Crippen LogP contribution >= 0.6 is 0 Å². The van der Waals surface area contributed by atoms with E-state index < -0.39 is 6.10 Å². The highest BCUT2D eigenvalue weighted by molar-refractivity contribution is 5.20. The first-order valence-corrected chi connectivity index (χ1v) is 6.91. The number of aliphatic hydroxyl groups excluding tert-OH is 2. The van der Waals surface area contributed by atoms with Crippen molar-refractivity contribution in [2.45, 2.75) is 32.0 Å².